The number of hydrogen-bond donors (Lipinski definition) is 1. The number of nitro groups is 1. The minimum Gasteiger partial charge on any atom is -0.469 e. The van der Waals surface area contributed by atoms with Gasteiger partial charge in [0.1, 0.15) is 6.61 Å². The number of aryl methyl sites for hydroxylation is 1. The highest BCUT2D eigenvalue weighted by molar-refractivity contribution is 5.70. The molecule has 0 aliphatic carbocycles. The number of alkyl carbamates (subject to hydrolysis) is 1. The Hall–Kier alpha value is -2.64. The molecule has 144 valence electrons. The largest absolute Gasteiger partial charge is 0.469 e. The molecule has 0 aliphatic rings. The zero-order chi connectivity index (χ0) is 19.7. The van der Waals surface area contributed by atoms with Crippen molar-refractivity contribution in [2.75, 3.05) is 13.7 Å². The van der Waals surface area contributed by atoms with Crippen LogP contribution in [0, 0.1) is 28.9 Å². The fraction of sp³-hybridized carbons (Fsp3) is 0.556. The third kappa shape index (κ3) is 7.50. The van der Waals surface area contributed by atoms with Gasteiger partial charge in [0, 0.05) is 12.6 Å². The van der Waals surface area contributed by atoms with Crippen LogP contribution in [0.1, 0.15) is 37.8 Å². The molecular weight excluding hydrogens is 340 g/mol. The van der Waals surface area contributed by atoms with E-state index in [0.29, 0.717) is 11.5 Å². The molecule has 0 unspecified atom stereocenters. The summed E-state index contributed by atoms with van der Waals surface area (Å²) in [6, 6.07) is 4.73. The molecule has 26 heavy (non-hydrogen) atoms. The molecule has 1 atom stereocenters. The number of ether oxygens (including phenoxy) is 2. The van der Waals surface area contributed by atoms with Gasteiger partial charge in [0.15, 0.2) is 0 Å². The summed E-state index contributed by atoms with van der Waals surface area (Å²) < 4.78 is 9.75. The van der Waals surface area contributed by atoms with Crippen molar-refractivity contribution in [1.29, 1.82) is 0 Å². The van der Waals surface area contributed by atoms with Crippen molar-refractivity contribution < 1.29 is 24.0 Å². The minimum absolute atomic E-state index is 0.0660. The summed E-state index contributed by atoms with van der Waals surface area (Å²) in [4.78, 5) is 33.9. The number of nitro benzene ring substituents is 1. The van der Waals surface area contributed by atoms with E-state index in [9.17, 15) is 19.7 Å². The summed E-state index contributed by atoms with van der Waals surface area (Å²) in [6.07, 6.45) is 0.274. The molecule has 1 N–H and O–H groups in total. The Balaban J connectivity index is 2.57. The third-order valence-corrected chi connectivity index (χ3v) is 3.82. The molecular formula is C18H26N2O6. The van der Waals surface area contributed by atoms with E-state index in [-0.39, 0.29) is 37.1 Å². The van der Waals surface area contributed by atoms with Crippen molar-refractivity contribution in [2.45, 2.75) is 40.2 Å². The first-order valence-corrected chi connectivity index (χ1v) is 8.44. The van der Waals surface area contributed by atoms with Crippen LogP contribution < -0.4 is 5.32 Å². The number of hydrogen-bond acceptors (Lipinski definition) is 6. The molecule has 0 heterocycles. The molecule has 0 saturated heterocycles. The summed E-state index contributed by atoms with van der Waals surface area (Å²) in [6.45, 7) is 5.87. The van der Waals surface area contributed by atoms with Crippen LogP contribution in [0.15, 0.2) is 18.2 Å². The van der Waals surface area contributed by atoms with E-state index in [2.05, 4.69) is 10.1 Å². The average Bonchev–Trinajstić information content (AvgIpc) is 2.57. The third-order valence-electron chi connectivity index (χ3n) is 3.82. The van der Waals surface area contributed by atoms with E-state index in [1.165, 1.54) is 13.2 Å². The second-order valence-corrected chi connectivity index (χ2v) is 6.62. The van der Waals surface area contributed by atoms with Crippen LogP contribution in [0.2, 0.25) is 0 Å². The molecule has 1 amide bonds. The van der Waals surface area contributed by atoms with Gasteiger partial charge in [0.05, 0.1) is 24.0 Å². The normalized spacial score (nSPS) is 11.7. The number of carbonyl (C=O) groups is 2. The Morgan fingerprint density at radius 3 is 2.58 bits per heavy atom. The maximum Gasteiger partial charge on any atom is 0.407 e. The zero-order valence-electron chi connectivity index (χ0n) is 15.6. The topological polar surface area (TPSA) is 108 Å². The Labute approximate surface area is 153 Å². The molecule has 0 aliphatic heterocycles. The highest BCUT2D eigenvalue weighted by Gasteiger charge is 2.19. The monoisotopic (exact) mass is 366 g/mol. The van der Waals surface area contributed by atoms with Crippen LogP contribution in [-0.2, 0) is 20.9 Å². The van der Waals surface area contributed by atoms with E-state index in [0.717, 1.165) is 12.0 Å². The van der Waals surface area contributed by atoms with Crippen molar-refractivity contribution in [3.8, 4) is 0 Å². The number of benzene rings is 1. The highest BCUT2D eigenvalue weighted by Crippen LogP contribution is 2.21. The van der Waals surface area contributed by atoms with Crippen LogP contribution in [0.4, 0.5) is 10.5 Å². The first kappa shape index (κ1) is 21.4. The van der Waals surface area contributed by atoms with Crippen molar-refractivity contribution in [2.24, 2.45) is 11.8 Å². The van der Waals surface area contributed by atoms with Crippen LogP contribution in [0.5, 0.6) is 0 Å². The predicted molar refractivity (Wildman–Crippen MR) is 95.6 cm³/mol. The number of esters is 1. The number of amides is 1. The van der Waals surface area contributed by atoms with Gasteiger partial charge in [-0.15, -0.1) is 0 Å². The van der Waals surface area contributed by atoms with Crippen molar-refractivity contribution in [3.63, 3.8) is 0 Å². The van der Waals surface area contributed by atoms with Gasteiger partial charge < -0.3 is 14.8 Å². The second kappa shape index (κ2) is 10.4. The summed E-state index contributed by atoms with van der Waals surface area (Å²) in [5, 5.41) is 13.7. The molecule has 8 nitrogen and oxygen atoms in total. The lowest BCUT2D eigenvalue weighted by Gasteiger charge is -2.18. The molecule has 0 radical (unpaired) electrons. The molecule has 8 heteroatoms. The van der Waals surface area contributed by atoms with E-state index in [4.69, 9.17) is 4.74 Å². The van der Waals surface area contributed by atoms with Gasteiger partial charge in [0.2, 0.25) is 0 Å². The Bertz CT molecular complexity index is 645. The molecule has 0 bridgehead atoms. The van der Waals surface area contributed by atoms with Gasteiger partial charge >= 0.3 is 12.1 Å². The van der Waals surface area contributed by atoms with Crippen molar-refractivity contribution in [3.05, 3.63) is 39.4 Å². The molecule has 0 saturated carbocycles. The summed E-state index contributed by atoms with van der Waals surface area (Å²) in [7, 11) is 1.32. The summed E-state index contributed by atoms with van der Waals surface area (Å²) >= 11 is 0. The van der Waals surface area contributed by atoms with Crippen LogP contribution >= 0.6 is 0 Å². The molecule has 1 aromatic carbocycles. The van der Waals surface area contributed by atoms with Crippen LogP contribution in [-0.4, -0.2) is 30.6 Å². The predicted octanol–water partition coefficient (Wildman–Crippen LogP) is 3.35. The number of nitrogens with zero attached hydrogens (tertiary/aromatic N) is 1. The Morgan fingerprint density at radius 2 is 2.00 bits per heavy atom. The standard InChI is InChI=1S/C18H26N2O6/c1-12(2)7-14(9-17(21)25-4)10-19-18(22)26-11-15-6-5-13(3)8-16(15)20(23)24/h5-6,8,12,14H,7,9-11H2,1-4H3,(H,19,22)/t14-/m0/s1. The van der Waals surface area contributed by atoms with Gasteiger partial charge in [-0.2, -0.15) is 0 Å². The van der Waals surface area contributed by atoms with E-state index in [1.54, 1.807) is 19.1 Å². The number of nitrogens with one attached hydrogen (secondary N) is 1. The summed E-state index contributed by atoms with van der Waals surface area (Å²) in [5.74, 6) is -0.0394. The quantitative estimate of drug-likeness (QED) is 0.408. The SMILES string of the molecule is COC(=O)C[C@@H](CNC(=O)OCc1ccc(C)cc1[N+](=O)[O-])CC(C)C. The van der Waals surface area contributed by atoms with E-state index < -0.39 is 11.0 Å². The van der Waals surface area contributed by atoms with Crippen molar-refractivity contribution in [1.82, 2.24) is 5.32 Å². The number of rotatable bonds is 9. The van der Waals surface area contributed by atoms with Gasteiger partial charge in [0.25, 0.3) is 5.69 Å². The maximum atomic E-state index is 11.9. The Kier molecular flexibility index (Phi) is 8.54. The smallest absolute Gasteiger partial charge is 0.407 e. The minimum atomic E-state index is -0.682. The van der Waals surface area contributed by atoms with Gasteiger partial charge in [-0.25, -0.2) is 4.79 Å². The van der Waals surface area contributed by atoms with E-state index in [1.807, 2.05) is 13.8 Å². The van der Waals surface area contributed by atoms with Crippen LogP contribution in [0.3, 0.4) is 0 Å². The number of carbonyl (C=O) groups excluding carboxylic acids is 2. The first-order valence-electron chi connectivity index (χ1n) is 8.44. The van der Waals surface area contributed by atoms with E-state index >= 15 is 0 Å². The molecule has 0 aromatic heterocycles. The van der Waals surface area contributed by atoms with Gasteiger partial charge in [-0.05, 0) is 36.8 Å². The molecule has 0 spiro atoms. The van der Waals surface area contributed by atoms with Gasteiger partial charge in [-0.3, -0.25) is 14.9 Å². The molecule has 0 fully saturated rings. The first-order chi connectivity index (χ1) is 12.2. The highest BCUT2D eigenvalue weighted by atomic mass is 16.6. The van der Waals surface area contributed by atoms with Crippen molar-refractivity contribution >= 4 is 17.7 Å². The number of methoxy groups -OCH3 is 1. The second-order valence-electron chi connectivity index (χ2n) is 6.62. The fourth-order valence-corrected chi connectivity index (χ4v) is 2.61. The molecule has 1 rings (SSSR count). The lowest BCUT2D eigenvalue weighted by Crippen LogP contribution is -2.31. The fourth-order valence-electron chi connectivity index (χ4n) is 2.61. The maximum absolute atomic E-state index is 11.9. The average molecular weight is 366 g/mol. The Morgan fingerprint density at radius 1 is 1.31 bits per heavy atom. The zero-order valence-corrected chi connectivity index (χ0v) is 15.6. The lowest BCUT2D eigenvalue weighted by molar-refractivity contribution is -0.385. The van der Waals surface area contributed by atoms with Gasteiger partial charge in [-0.1, -0.05) is 19.9 Å². The lowest BCUT2D eigenvalue weighted by atomic mass is 9.94. The van der Waals surface area contributed by atoms with Crippen LogP contribution in [0.25, 0.3) is 0 Å². The molecule has 1 aromatic rings. The summed E-state index contributed by atoms with van der Waals surface area (Å²) in [5.41, 5.74) is 0.995.